The highest BCUT2D eigenvalue weighted by Gasteiger charge is 2.04. The predicted octanol–water partition coefficient (Wildman–Crippen LogP) is 3.36. The van der Waals surface area contributed by atoms with Crippen molar-refractivity contribution in [3.8, 4) is 5.75 Å². The molecule has 1 heterocycles. The van der Waals surface area contributed by atoms with Crippen LogP contribution in [0.2, 0.25) is 0 Å². The number of thiazole rings is 1. The number of nitrogens with zero attached hydrogens (tertiary/aromatic N) is 1. The van der Waals surface area contributed by atoms with Gasteiger partial charge in [-0.2, -0.15) is 0 Å². The second-order valence-corrected chi connectivity index (χ2v) is 5.45. The molecule has 19 heavy (non-hydrogen) atoms. The van der Waals surface area contributed by atoms with Gasteiger partial charge in [-0.25, -0.2) is 9.37 Å². The molecule has 0 aliphatic carbocycles. The van der Waals surface area contributed by atoms with Crippen molar-refractivity contribution in [2.75, 3.05) is 0 Å². The van der Waals surface area contributed by atoms with Gasteiger partial charge in [-0.15, -0.1) is 11.3 Å². The Morgan fingerprint density at radius 1 is 1.32 bits per heavy atom. The van der Waals surface area contributed by atoms with Crippen molar-refractivity contribution in [3.63, 3.8) is 0 Å². The molecule has 0 bridgehead atoms. The van der Waals surface area contributed by atoms with E-state index in [1.54, 1.807) is 23.5 Å². The molecule has 5 heteroatoms. The van der Waals surface area contributed by atoms with Gasteiger partial charge >= 0.3 is 0 Å². The molecule has 2 aromatic rings. The van der Waals surface area contributed by atoms with E-state index < -0.39 is 0 Å². The summed E-state index contributed by atoms with van der Waals surface area (Å²) in [5.41, 5.74) is 0.898. The number of aromatic nitrogens is 1. The topological polar surface area (TPSA) is 34.2 Å². The maximum atomic E-state index is 12.7. The van der Waals surface area contributed by atoms with Gasteiger partial charge in [0, 0.05) is 18.0 Å². The van der Waals surface area contributed by atoms with Crippen LogP contribution in [-0.4, -0.2) is 11.0 Å². The number of hydrogen-bond donors (Lipinski definition) is 1. The van der Waals surface area contributed by atoms with E-state index in [-0.39, 0.29) is 5.82 Å². The van der Waals surface area contributed by atoms with E-state index in [0.29, 0.717) is 18.4 Å². The van der Waals surface area contributed by atoms with Crippen LogP contribution in [0.3, 0.4) is 0 Å². The number of ether oxygens (including phenoxy) is 1. The molecule has 0 spiro atoms. The van der Waals surface area contributed by atoms with Gasteiger partial charge in [0.2, 0.25) is 0 Å². The van der Waals surface area contributed by atoms with E-state index in [0.717, 1.165) is 17.2 Å². The van der Waals surface area contributed by atoms with E-state index in [2.05, 4.69) is 24.1 Å². The molecule has 1 aromatic heterocycles. The quantitative estimate of drug-likeness (QED) is 0.881. The molecule has 1 aromatic carbocycles. The highest BCUT2D eigenvalue weighted by atomic mass is 32.1. The molecule has 0 aliphatic heterocycles. The van der Waals surface area contributed by atoms with Gasteiger partial charge < -0.3 is 10.1 Å². The van der Waals surface area contributed by atoms with Crippen LogP contribution >= 0.6 is 11.3 Å². The standard InChI is InChI=1S/C14H17FN2OS/c1-10(2)16-7-14-17-12(9-19-14)8-18-13-5-3-11(15)4-6-13/h3-6,9-10,16H,7-8H2,1-2H3. The van der Waals surface area contributed by atoms with Crippen molar-refractivity contribution in [3.05, 3.63) is 46.2 Å². The van der Waals surface area contributed by atoms with Gasteiger partial charge in [-0.3, -0.25) is 0 Å². The molecule has 3 nitrogen and oxygen atoms in total. The average Bonchev–Trinajstić information content (AvgIpc) is 2.84. The first-order valence-electron chi connectivity index (χ1n) is 6.18. The molecule has 102 valence electrons. The summed E-state index contributed by atoms with van der Waals surface area (Å²) in [4.78, 5) is 4.47. The Balaban J connectivity index is 1.84. The first-order chi connectivity index (χ1) is 9.13. The molecule has 0 radical (unpaired) electrons. The van der Waals surface area contributed by atoms with Gasteiger partial charge in [0.15, 0.2) is 0 Å². The third-order valence-corrected chi connectivity index (χ3v) is 3.36. The Kier molecular flexibility index (Phi) is 4.87. The Hall–Kier alpha value is -1.46. The van der Waals surface area contributed by atoms with Crippen LogP contribution < -0.4 is 10.1 Å². The normalized spacial score (nSPS) is 10.9. The minimum atomic E-state index is -0.261. The fourth-order valence-electron chi connectivity index (χ4n) is 1.48. The SMILES string of the molecule is CC(C)NCc1nc(COc2ccc(F)cc2)cs1. The molecule has 0 fully saturated rings. The largest absolute Gasteiger partial charge is 0.487 e. The summed E-state index contributed by atoms with van der Waals surface area (Å²) < 4.78 is 18.3. The Bertz CT molecular complexity index is 510. The number of nitrogens with one attached hydrogen (secondary N) is 1. The zero-order valence-electron chi connectivity index (χ0n) is 11.0. The molecule has 1 N–H and O–H groups in total. The van der Waals surface area contributed by atoms with E-state index in [1.165, 1.54) is 12.1 Å². The van der Waals surface area contributed by atoms with E-state index in [1.807, 2.05) is 5.38 Å². The lowest BCUT2D eigenvalue weighted by atomic mass is 10.3. The summed E-state index contributed by atoms with van der Waals surface area (Å²) in [6.45, 7) is 5.39. The van der Waals surface area contributed by atoms with Gasteiger partial charge in [0.1, 0.15) is 23.2 Å². The number of rotatable bonds is 6. The van der Waals surface area contributed by atoms with Crippen molar-refractivity contribution < 1.29 is 9.13 Å². The summed E-state index contributed by atoms with van der Waals surface area (Å²) >= 11 is 1.62. The van der Waals surface area contributed by atoms with Gasteiger partial charge in [-0.1, -0.05) is 13.8 Å². The predicted molar refractivity (Wildman–Crippen MR) is 74.8 cm³/mol. The molecule has 0 saturated carbocycles. The second-order valence-electron chi connectivity index (χ2n) is 4.51. The monoisotopic (exact) mass is 280 g/mol. The highest BCUT2D eigenvalue weighted by Crippen LogP contribution is 2.15. The summed E-state index contributed by atoms with van der Waals surface area (Å²) in [5.74, 6) is 0.388. The van der Waals surface area contributed by atoms with E-state index >= 15 is 0 Å². The van der Waals surface area contributed by atoms with Crippen molar-refractivity contribution in [2.45, 2.75) is 33.0 Å². The third kappa shape index (κ3) is 4.61. The fourth-order valence-corrected chi connectivity index (χ4v) is 2.21. The van der Waals surface area contributed by atoms with Crippen LogP contribution in [0.4, 0.5) is 4.39 Å². The average molecular weight is 280 g/mol. The van der Waals surface area contributed by atoms with Crippen LogP contribution in [0, 0.1) is 5.82 Å². The Labute approximate surface area is 116 Å². The van der Waals surface area contributed by atoms with Crippen LogP contribution in [0.15, 0.2) is 29.6 Å². The van der Waals surface area contributed by atoms with Crippen LogP contribution in [-0.2, 0) is 13.2 Å². The molecule has 0 unspecified atom stereocenters. The molecule has 0 atom stereocenters. The van der Waals surface area contributed by atoms with Gasteiger partial charge in [-0.05, 0) is 24.3 Å². The maximum absolute atomic E-state index is 12.7. The van der Waals surface area contributed by atoms with Crippen LogP contribution in [0.1, 0.15) is 24.5 Å². The van der Waals surface area contributed by atoms with Crippen LogP contribution in [0.5, 0.6) is 5.75 Å². The van der Waals surface area contributed by atoms with Gasteiger partial charge in [0.05, 0.1) is 5.69 Å². The first-order valence-corrected chi connectivity index (χ1v) is 7.06. The number of benzene rings is 1. The lowest BCUT2D eigenvalue weighted by molar-refractivity contribution is 0.301. The molecule has 0 aliphatic rings. The lowest BCUT2D eigenvalue weighted by Gasteiger charge is -2.05. The second kappa shape index (κ2) is 6.63. The zero-order chi connectivity index (χ0) is 13.7. The summed E-state index contributed by atoms with van der Waals surface area (Å²) in [6.07, 6.45) is 0. The third-order valence-electron chi connectivity index (χ3n) is 2.46. The number of hydrogen-bond acceptors (Lipinski definition) is 4. The first kappa shape index (κ1) is 14.0. The minimum absolute atomic E-state index is 0.261. The van der Waals surface area contributed by atoms with Gasteiger partial charge in [0.25, 0.3) is 0 Å². The Morgan fingerprint density at radius 2 is 2.05 bits per heavy atom. The molecule has 0 amide bonds. The van der Waals surface area contributed by atoms with Crippen molar-refractivity contribution in [2.24, 2.45) is 0 Å². The summed E-state index contributed by atoms with van der Waals surface area (Å²) in [7, 11) is 0. The summed E-state index contributed by atoms with van der Waals surface area (Å²) in [5, 5.41) is 6.36. The van der Waals surface area contributed by atoms with Crippen molar-refractivity contribution in [1.82, 2.24) is 10.3 Å². The zero-order valence-corrected chi connectivity index (χ0v) is 11.8. The minimum Gasteiger partial charge on any atom is -0.487 e. The van der Waals surface area contributed by atoms with Crippen molar-refractivity contribution >= 4 is 11.3 Å². The molecular weight excluding hydrogens is 263 g/mol. The van der Waals surface area contributed by atoms with Crippen LogP contribution in [0.25, 0.3) is 0 Å². The van der Waals surface area contributed by atoms with E-state index in [9.17, 15) is 4.39 Å². The number of halogens is 1. The maximum Gasteiger partial charge on any atom is 0.131 e. The Morgan fingerprint density at radius 3 is 2.74 bits per heavy atom. The van der Waals surface area contributed by atoms with Crippen molar-refractivity contribution in [1.29, 1.82) is 0 Å². The lowest BCUT2D eigenvalue weighted by Crippen LogP contribution is -2.21. The fraction of sp³-hybridized carbons (Fsp3) is 0.357. The molecule has 0 saturated heterocycles. The van der Waals surface area contributed by atoms with E-state index in [4.69, 9.17) is 4.74 Å². The molecule has 2 rings (SSSR count). The highest BCUT2D eigenvalue weighted by molar-refractivity contribution is 7.09. The molecular formula is C14H17FN2OS. The smallest absolute Gasteiger partial charge is 0.131 e. The summed E-state index contributed by atoms with van der Waals surface area (Å²) in [6, 6.07) is 6.44.